The number of piperidine rings is 1. The van der Waals surface area contributed by atoms with Crippen LogP contribution in [0.2, 0.25) is 5.02 Å². The Bertz CT molecular complexity index is 1250. The Balaban J connectivity index is 1.53. The number of benzene rings is 1. The molecule has 0 spiro atoms. The third-order valence-corrected chi connectivity index (χ3v) is 6.64. The molecule has 34 heavy (non-hydrogen) atoms. The van der Waals surface area contributed by atoms with Crippen LogP contribution in [-0.4, -0.2) is 66.3 Å². The van der Waals surface area contributed by atoms with Gasteiger partial charge in [0.05, 0.1) is 25.8 Å². The molecule has 0 saturated carbocycles. The molecule has 0 aliphatic carbocycles. The van der Waals surface area contributed by atoms with Gasteiger partial charge in [-0.05, 0) is 48.0 Å². The van der Waals surface area contributed by atoms with Crippen LogP contribution >= 0.6 is 11.6 Å². The highest BCUT2D eigenvalue weighted by Gasteiger charge is 2.34. The quantitative estimate of drug-likeness (QED) is 0.521. The van der Waals surface area contributed by atoms with Crippen LogP contribution in [0, 0.1) is 0 Å². The third kappa shape index (κ3) is 5.57. The van der Waals surface area contributed by atoms with Gasteiger partial charge in [0.2, 0.25) is 0 Å². The summed E-state index contributed by atoms with van der Waals surface area (Å²) in [5, 5.41) is 14.2. The lowest BCUT2D eigenvalue weighted by molar-refractivity contribution is 0.243. The minimum absolute atomic E-state index is 0.195. The molecule has 13 heteroatoms. The number of methoxy groups -OCH3 is 1. The van der Waals surface area contributed by atoms with Crippen molar-refractivity contribution in [1.82, 2.24) is 24.7 Å². The number of carbonyl (C=O) groups excluding carboxylic acids is 1. The van der Waals surface area contributed by atoms with Crippen molar-refractivity contribution in [2.45, 2.75) is 18.4 Å². The predicted molar refractivity (Wildman–Crippen MR) is 128 cm³/mol. The lowest BCUT2D eigenvalue weighted by atomic mass is 9.89. The summed E-state index contributed by atoms with van der Waals surface area (Å²) in [5.41, 5.74) is 1.38. The van der Waals surface area contributed by atoms with Crippen molar-refractivity contribution < 1.29 is 17.9 Å². The number of hydrogen-bond donors (Lipinski definition) is 2. The Morgan fingerprint density at radius 2 is 1.97 bits per heavy atom. The highest BCUT2D eigenvalue weighted by Crippen LogP contribution is 2.29. The molecule has 1 saturated heterocycles. The first-order valence-corrected chi connectivity index (χ1v) is 12.7. The van der Waals surface area contributed by atoms with Gasteiger partial charge in [0.1, 0.15) is 5.75 Å². The van der Waals surface area contributed by atoms with Crippen LogP contribution in [0.1, 0.15) is 18.0 Å². The average Bonchev–Trinajstić information content (AvgIpc) is 3.32. The van der Waals surface area contributed by atoms with Crippen LogP contribution in [0.3, 0.4) is 0 Å². The maximum Gasteiger partial charge on any atom is 0.319 e. The third-order valence-electron chi connectivity index (χ3n) is 5.53. The summed E-state index contributed by atoms with van der Waals surface area (Å²) in [6.07, 6.45) is 4.65. The van der Waals surface area contributed by atoms with E-state index in [-0.39, 0.29) is 18.0 Å². The number of urea groups is 1. The monoisotopic (exact) mass is 505 g/mol. The summed E-state index contributed by atoms with van der Waals surface area (Å²) in [5.74, 6) is 0.865. The van der Waals surface area contributed by atoms with Crippen LogP contribution < -0.4 is 20.3 Å². The smallest absolute Gasteiger partial charge is 0.319 e. The fourth-order valence-electron chi connectivity index (χ4n) is 3.78. The highest BCUT2D eigenvalue weighted by atomic mass is 35.5. The summed E-state index contributed by atoms with van der Waals surface area (Å²) < 4.78 is 29.6. The van der Waals surface area contributed by atoms with E-state index < -0.39 is 10.0 Å². The van der Waals surface area contributed by atoms with Crippen LogP contribution in [0.5, 0.6) is 5.75 Å². The first-order chi connectivity index (χ1) is 16.2. The van der Waals surface area contributed by atoms with E-state index in [2.05, 4.69) is 25.9 Å². The average molecular weight is 506 g/mol. The van der Waals surface area contributed by atoms with E-state index >= 15 is 0 Å². The van der Waals surface area contributed by atoms with Crippen molar-refractivity contribution in [1.29, 1.82) is 0 Å². The first kappa shape index (κ1) is 23.8. The van der Waals surface area contributed by atoms with Crippen molar-refractivity contribution in [3.63, 3.8) is 0 Å². The second kappa shape index (κ2) is 9.85. The zero-order valence-electron chi connectivity index (χ0n) is 18.6. The topological polar surface area (TPSA) is 131 Å². The molecular weight excluding hydrogens is 482 g/mol. The van der Waals surface area contributed by atoms with Crippen molar-refractivity contribution in [2.75, 3.05) is 36.7 Å². The molecule has 0 unspecified atom stereocenters. The van der Waals surface area contributed by atoms with Gasteiger partial charge in [-0.25, -0.2) is 13.2 Å². The predicted octanol–water partition coefficient (Wildman–Crippen LogP) is 2.33. The number of aromatic nitrogens is 4. The molecule has 2 N–H and O–H groups in total. The summed E-state index contributed by atoms with van der Waals surface area (Å²) >= 11 is 5.91. The molecule has 2 aromatic heterocycles. The van der Waals surface area contributed by atoms with Gasteiger partial charge in [-0.15, -0.1) is 9.19 Å². The summed E-state index contributed by atoms with van der Waals surface area (Å²) in [6, 6.07) is 9.93. The van der Waals surface area contributed by atoms with Crippen molar-refractivity contribution >= 4 is 39.2 Å². The Morgan fingerprint density at radius 1 is 1.21 bits per heavy atom. The van der Waals surface area contributed by atoms with E-state index in [0.717, 1.165) is 16.0 Å². The number of nitrogens with zero attached hydrogens (tertiary/aromatic N) is 5. The fourth-order valence-corrected chi connectivity index (χ4v) is 4.36. The Hall–Kier alpha value is -3.38. The molecule has 0 bridgehead atoms. The van der Waals surface area contributed by atoms with E-state index in [9.17, 15) is 13.2 Å². The van der Waals surface area contributed by atoms with Crippen LogP contribution in [-0.2, 0) is 10.0 Å². The number of carbonyl (C=O) groups is 1. The zero-order chi connectivity index (χ0) is 24.3. The maximum absolute atomic E-state index is 12.7. The molecule has 2 atom stereocenters. The normalized spacial score (nSPS) is 18.4. The summed E-state index contributed by atoms with van der Waals surface area (Å²) in [4.78, 5) is 19.2. The standard InChI is InChI=1S/C21H24ClN7O4S/c1-33-16-7-8-18(23-11-16)17-12-28(20-13-29(27-26-20)34(2,31)32)10-9-19(17)25-21(30)24-15-5-3-14(22)4-6-15/h3-8,11,13,17,19H,9-10,12H2,1-2H3,(H2,24,25,30)/t17-,19+/m0/s1. The molecule has 1 aromatic carbocycles. The van der Waals surface area contributed by atoms with Gasteiger partial charge in [-0.2, -0.15) is 0 Å². The van der Waals surface area contributed by atoms with Gasteiger partial charge in [0, 0.05) is 41.5 Å². The number of ether oxygens (including phenoxy) is 1. The lowest BCUT2D eigenvalue weighted by Gasteiger charge is -2.38. The van der Waals surface area contributed by atoms with Crippen LogP contribution in [0.4, 0.5) is 16.3 Å². The zero-order valence-corrected chi connectivity index (χ0v) is 20.1. The van der Waals surface area contributed by atoms with E-state index in [1.165, 1.54) is 6.20 Å². The number of nitrogens with one attached hydrogen (secondary N) is 2. The van der Waals surface area contributed by atoms with Crippen molar-refractivity contribution in [3.8, 4) is 5.75 Å². The molecule has 4 rings (SSSR count). The summed E-state index contributed by atoms with van der Waals surface area (Å²) in [6.45, 7) is 0.995. The molecule has 1 fully saturated rings. The molecule has 180 valence electrons. The van der Waals surface area contributed by atoms with Crippen LogP contribution in [0.15, 0.2) is 48.8 Å². The van der Waals surface area contributed by atoms with E-state index in [4.69, 9.17) is 16.3 Å². The minimum atomic E-state index is -3.54. The Kier molecular flexibility index (Phi) is 6.89. The molecular formula is C21H24ClN7O4S. The second-order valence-corrected chi connectivity index (χ2v) is 10.2. The summed E-state index contributed by atoms with van der Waals surface area (Å²) in [7, 11) is -1.97. The first-order valence-electron chi connectivity index (χ1n) is 10.4. The molecule has 0 radical (unpaired) electrons. The van der Waals surface area contributed by atoms with Gasteiger partial charge in [0.25, 0.3) is 10.0 Å². The molecule has 3 heterocycles. The molecule has 1 aliphatic rings. The van der Waals surface area contributed by atoms with E-state index in [1.807, 2.05) is 17.0 Å². The van der Waals surface area contributed by atoms with Gasteiger partial charge in [-0.1, -0.05) is 11.6 Å². The number of amides is 2. The van der Waals surface area contributed by atoms with Gasteiger partial charge in [-0.3, -0.25) is 4.98 Å². The maximum atomic E-state index is 12.7. The van der Waals surface area contributed by atoms with E-state index in [0.29, 0.717) is 41.8 Å². The molecule has 3 aromatic rings. The minimum Gasteiger partial charge on any atom is -0.495 e. The largest absolute Gasteiger partial charge is 0.495 e. The molecule has 2 amide bonds. The second-order valence-electron chi connectivity index (χ2n) is 7.89. The molecule has 1 aliphatic heterocycles. The number of pyridine rings is 1. The molecule has 11 nitrogen and oxygen atoms in total. The lowest BCUT2D eigenvalue weighted by Crippen LogP contribution is -2.51. The van der Waals surface area contributed by atoms with Crippen LogP contribution in [0.25, 0.3) is 0 Å². The van der Waals surface area contributed by atoms with E-state index in [1.54, 1.807) is 37.6 Å². The van der Waals surface area contributed by atoms with Gasteiger partial charge >= 0.3 is 6.03 Å². The SMILES string of the molecule is COc1ccc([C@@H]2CN(c3cn(S(C)(=O)=O)nn3)CC[C@H]2NC(=O)Nc2ccc(Cl)cc2)nc1. The fraction of sp³-hybridized carbons (Fsp3) is 0.333. The number of anilines is 2. The Morgan fingerprint density at radius 3 is 2.59 bits per heavy atom. The van der Waals surface area contributed by atoms with Crippen molar-refractivity contribution in [3.05, 3.63) is 59.5 Å². The highest BCUT2D eigenvalue weighted by molar-refractivity contribution is 7.89. The number of rotatable bonds is 6. The number of hydrogen-bond acceptors (Lipinski definition) is 8. The number of halogens is 1. The van der Waals surface area contributed by atoms with Crippen molar-refractivity contribution in [2.24, 2.45) is 0 Å². The van der Waals surface area contributed by atoms with Gasteiger partial charge in [0.15, 0.2) is 5.82 Å². The Labute approximate surface area is 202 Å². The van der Waals surface area contributed by atoms with Gasteiger partial charge < -0.3 is 20.3 Å².